The third-order valence-corrected chi connectivity index (χ3v) is 6.10. The summed E-state index contributed by atoms with van der Waals surface area (Å²) in [6, 6.07) is 12.9. The van der Waals surface area contributed by atoms with Crippen molar-refractivity contribution in [3.8, 4) is 17.2 Å². The predicted molar refractivity (Wildman–Crippen MR) is 111 cm³/mol. The first-order chi connectivity index (χ1) is 14.0. The zero-order chi connectivity index (χ0) is 20.5. The van der Waals surface area contributed by atoms with E-state index in [2.05, 4.69) is 10.4 Å². The molecular formula is C21H21N3O4S. The van der Waals surface area contributed by atoms with Gasteiger partial charge in [-0.05, 0) is 30.7 Å². The van der Waals surface area contributed by atoms with Gasteiger partial charge in [-0.3, -0.25) is 9.00 Å². The van der Waals surface area contributed by atoms with Crippen LogP contribution in [0, 0.1) is 6.92 Å². The van der Waals surface area contributed by atoms with Crippen molar-refractivity contribution in [1.82, 2.24) is 9.78 Å². The Hall–Kier alpha value is -3.13. The third-order valence-electron chi connectivity index (χ3n) is 4.89. The Bertz CT molecular complexity index is 1120. The van der Waals surface area contributed by atoms with Crippen molar-refractivity contribution in [3.63, 3.8) is 0 Å². The summed E-state index contributed by atoms with van der Waals surface area (Å²) in [6.07, 6.45) is 0. The van der Waals surface area contributed by atoms with Crippen molar-refractivity contribution in [2.24, 2.45) is 0 Å². The molecule has 4 rings (SSSR count). The van der Waals surface area contributed by atoms with Crippen molar-refractivity contribution in [2.75, 3.05) is 19.5 Å². The van der Waals surface area contributed by atoms with Crippen molar-refractivity contribution >= 4 is 22.5 Å². The molecule has 1 atom stereocenters. The third kappa shape index (κ3) is 3.40. The molecule has 0 saturated carbocycles. The number of nitrogens with zero attached hydrogens (tertiary/aromatic N) is 2. The summed E-state index contributed by atoms with van der Waals surface area (Å²) in [6.45, 7) is 1.98. The van der Waals surface area contributed by atoms with E-state index < -0.39 is 10.8 Å². The van der Waals surface area contributed by atoms with Gasteiger partial charge < -0.3 is 14.8 Å². The van der Waals surface area contributed by atoms with Crippen LogP contribution in [0.15, 0.2) is 42.5 Å². The maximum absolute atomic E-state index is 13.1. The molecular weight excluding hydrogens is 390 g/mol. The molecule has 3 aromatic rings. The van der Waals surface area contributed by atoms with Gasteiger partial charge in [-0.2, -0.15) is 5.10 Å². The van der Waals surface area contributed by atoms with Gasteiger partial charge in [-0.25, -0.2) is 4.68 Å². The highest BCUT2D eigenvalue weighted by Crippen LogP contribution is 2.34. The number of hydrogen-bond acceptors (Lipinski definition) is 5. The summed E-state index contributed by atoms with van der Waals surface area (Å²) in [4.78, 5) is 13.1. The predicted octanol–water partition coefficient (Wildman–Crippen LogP) is 3.21. The van der Waals surface area contributed by atoms with Crippen molar-refractivity contribution in [1.29, 1.82) is 0 Å². The van der Waals surface area contributed by atoms with Crippen LogP contribution in [0.3, 0.4) is 0 Å². The number of ether oxygens (including phenoxy) is 2. The normalized spacial score (nSPS) is 15.1. The average molecular weight is 411 g/mol. The molecule has 150 valence electrons. The zero-order valence-electron chi connectivity index (χ0n) is 16.4. The molecule has 1 aromatic heterocycles. The Morgan fingerprint density at radius 1 is 1.10 bits per heavy atom. The van der Waals surface area contributed by atoms with Gasteiger partial charge in [0.05, 0.1) is 42.7 Å². The second-order valence-corrected chi connectivity index (χ2v) is 8.15. The summed E-state index contributed by atoms with van der Waals surface area (Å²) in [5.41, 5.74) is 3.78. The highest BCUT2D eigenvalue weighted by Gasteiger charge is 2.29. The van der Waals surface area contributed by atoms with E-state index in [1.54, 1.807) is 22.9 Å². The van der Waals surface area contributed by atoms with Crippen LogP contribution in [0.4, 0.5) is 5.82 Å². The number of benzene rings is 2. The smallest absolute Gasteiger partial charge is 0.260 e. The van der Waals surface area contributed by atoms with E-state index in [1.165, 1.54) is 14.2 Å². The highest BCUT2D eigenvalue weighted by molar-refractivity contribution is 7.83. The number of methoxy groups -OCH3 is 2. The van der Waals surface area contributed by atoms with Crippen LogP contribution in [0.2, 0.25) is 0 Å². The fourth-order valence-electron chi connectivity index (χ4n) is 3.47. The average Bonchev–Trinajstić information content (AvgIpc) is 3.24. The minimum atomic E-state index is -1.01. The Balaban J connectivity index is 1.79. The molecule has 0 saturated heterocycles. The molecule has 0 bridgehead atoms. The van der Waals surface area contributed by atoms with Gasteiger partial charge in [0.15, 0.2) is 11.5 Å². The molecule has 1 amide bonds. The van der Waals surface area contributed by atoms with E-state index in [1.807, 2.05) is 31.2 Å². The number of anilines is 1. The topological polar surface area (TPSA) is 82.5 Å². The van der Waals surface area contributed by atoms with Crippen LogP contribution in [-0.2, 0) is 22.3 Å². The molecule has 29 heavy (non-hydrogen) atoms. The molecule has 8 heteroatoms. The van der Waals surface area contributed by atoms with Gasteiger partial charge in [0.2, 0.25) is 0 Å². The van der Waals surface area contributed by atoms with Crippen LogP contribution in [0.25, 0.3) is 5.69 Å². The van der Waals surface area contributed by atoms with Crippen LogP contribution in [0.1, 0.15) is 27.2 Å². The second-order valence-electron chi connectivity index (χ2n) is 6.70. The van der Waals surface area contributed by atoms with E-state index in [4.69, 9.17) is 9.47 Å². The molecule has 0 radical (unpaired) electrons. The number of nitrogens with one attached hydrogen (secondary N) is 1. The maximum Gasteiger partial charge on any atom is 0.260 e. The fraction of sp³-hybridized carbons (Fsp3) is 0.238. The van der Waals surface area contributed by atoms with Gasteiger partial charge in [0, 0.05) is 16.4 Å². The van der Waals surface area contributed by atoms with E-state index >= 15 is 0 Å². The van der Waals surface area contributed by atoms with Crippen LogP contribution >= 0.6 is 0 Å². The summed E-state index contributed by atoms with van der Waals surface area (Å²) >= 11 is 0. The number of amides is 1. The Kier molecular flexibility index (Phi) is 5.10. The monoisotopic (exact) mass is 411 g/mol. The van der Waals surface area contributed by atoms with E-state index in [0.29, 0.717) is 34.4 Å². The lowest BCUT2D eigenvalue weighted by molar-refractivity contribution is 0.102. The number of carbonyl (C=O) groups is 1. The van der Waals surface area contributed by atoms with Gasteiger partial charge in [0.1, 0.15) is 5.82 Å². The number of para-hydroxylation sites is 2. The minimum absolute atomic E-state index is 0.345. The standard InChI is InChI=1S/C21H21N3O4S/c1-13-7-4-5-9-17(13)24-20(15-11-29(26)12-16(15)23-24)22-21(25)14-8-6-10-18(27-2)19(14)28-3/h4-10H,11-12H2,1-3H3,(H,22,25)/t29-/m1/s1. The molecule has 0 spiro atoms. The number of hydrogen-bond donors (Lipinski definition) is 1. The fourth-order valence-corrected chi connectivity index (χ4v) is 4.74. The minimum Gasteiger partial charge on any atom is -0.493 e. The van der Waals surface area contributed by atoms with Gasteiger partial charge in [-0.1, -0.05) is 24.3 Å². The van der Waals surface area contributed by atoms with Crippen LogP contribution in [0.5, 0.6) is 11.5 Å². The molecule has 1 aliphatic heterocycles. The first-order valence-corrected chi connectivity index (χ1v) is 10.6. The Morgan fingerprint density at radius 2 is 1.90 bits per heavy atom. The molecule has 2 aromatic carbocycles. The number of fused-ring (bicyclic) bond motifs is 1. The maximum atomic E-state index is 13.1. The lowest BCUT2D eigenvalue weighted by atomic mass is 10.1. The SMILES string of the molecule is COc1cccc(C(=O)Nc2c3c(nn2-c2ccccc2C)C[S@](=O)C3)c1OC. The number of rotatable bonds is 5. The molecule has 0 unspecified atom stereocenters. The number of aromatic nitrogens is 2. The lowest BCUT2D eigenvalue weighted by Crippen LogP contribution is -2.18. The van der Waals surface area contributed by atoms with Crippen molar-refractivity contribution in [3.05, 3.63) is 64.8 Å². The Labute approximate surface area is 171 Å². The van der Waals surface area contributed by atoms with Crippen LogP contribution < -0.4 is 14.8 Å². The molecule has 7 nitrogen and oxygen atoms in total. The van der Waals surface area contributed by atoms with E-state index in [0.717, 1.165) is 22.5 Å². The second kappa shape index (κ2) is 7.71. The van der Waals surface area contributed by atoms with E-state index in [9.17, 15) is 9.00 Å². The first kappa shape index (κ1) is 19.2. The summed E-state index contributed by atoms with van der Waals surface area (Å²) in [7, 11) is 2.01. The first-order valence-electron chi connectivity index (χ1n) is 9.07. The molecule has 1 N–H and O–H groups in total. The number of carbonyl (C=O) groups excluding carboxylic acids is 1. The van der Waals surface area contributed by atoms with Gasteiger partial charge in [-0.15, -0.1) is 0 Å². The lowest BCUT2D eigenvalue weighted by Gasteiger charge is -2.15. The highest BCUT2D eigenvalue weighted by atomic mass is 32.2. The van der Waals surface area contributed by atoms with Gasteiger partial charge >= 0.3 is 0 Å². The zero-order valence-corrected chi connectivity index (χ0v) is 17.2. The Morgan fingerprint density at radius 3 is 2.62 bits per heavy atom. The van der Waals surface area contributed by atoms with Crippen molar-refractivity contribution < 1.29 is 18.5 Å². The summed E-state index contributed by atoms with van der Waals surface area (Å²) < 4.78 is 24.5. The van der Waals surface area contributed by atoms with Gasteiger partial charge in [0.25, 0.3) is 5.91 Å². The quantitative estimate of drug-likeness (QED) is 0.697. The van der Waals surface area contributed by atoms with E-state index in [-0.39, 0.29) is 5.91 Å². The van der Waals surface area contributed by atoms with Crippen molar-refractivity contribution in [2.45, 2.75) is 18.4 Å². The summed E-state index contributed by atoms with van der Waals surface area (Å²) in [5.74, 6) is 1.77. The summed E-state index contributed by atoms with van der Waals surface area (Å²) in [5, 5.41) is 7.62. The largest absolute Gasteiger partial charge is 0.493 e. The number of aryl methyl sites for hydroxylation is 1. The molecule has 0 fully saturated rings. The molecule has 2 heterocycles. The molecule has 1 aliphatic rings. The van der Waals surface area contributed by atoms with Crippen LogP contribution in [-0.4, -0.2) is 34.1 Å². The molecule has 0 aliphatic carbocycles.